The van der Waals surface area contributed by atoms with Gasteiger partial charge in [-0.2, -0.15) is 0 Å². The maximum atomic E-state index is 10.4. The molecule has 0 saturated carbocycles. The maximum absolute atomic E-state index is 10.4. The highest BCUT2D eigenvalue weighted by molar-refractivity contribution is 5.66. The van der Waals surface area contributed by atoms with Crippen molar-refractivity contribution >= 4 is 5.97 Å². The summed E-state index contributed by atoms with van der Waals surface area (Å²) in [5.41, 5.74) is 0. The second kappa shape index (κ2) is 16.0. The van der Waals surface area contributed by atoms with Crippen LogP contribution in [0.4, 0.5) is 0 Å². The normalized spacial score (nSPS) is 16.4. The molecule has 0 saturated heterocycles. The molecule has 0 aliphatic carbocycles. The van der Waals surface area contributed by atoms with Gasteiger partial charge >= 0.3 is 5.97 Å². The van der Waals surface area contributed by atoms with E-state index in [1.165, 1.54) is 0 Å². The molecule has 0 spiro atoms. The zero-order chi connectivity index (χ0) is 18.4. The molecular formula is C18H32O2. The highest BCUT2D eigenvalue weighted by Crippen LogP contribution is 2.08. The van der Waals surface area contributed by atoms with E-state index in [4.69, 9.17) is 10.6 Å². The Morgan fingerprint density at radius 2 is 1.45 bits per heavy atom. The van der Waals surface area contributed by atoms with Crippen molar-refractivity contribution < 1.29 is 15.4 Å². The average Bonchev–Trinajstić information content (AvgIpc) is 2.53. The van der Waals surface area contributed by atoms with Crippen LogP contribution < -0.4 is 0 Å². The van der Waals surface area contributed by atoms with Crippen molar-refractivity contribution in [2.24, 2.45) is 0 Å². The van der Waals surface area contributed by atoms with E-state index in [2.05, 4.69) is 6.92 Å². The number of unbranched alkanes of at least 4 members (excludes halogenated alkanes) is 6. The van der Waals surface area contributed by atoms with Gasteiger partial charge < -0.3 is 5.11 Å². The van der Waals surface area contributed by atoms with Crippen molar-refractivity contribution in [1.82, 2.24) is 0 Å². The van der Waals surface area contributed by atoms with E-state index in [1.54, 1.807) is 0 Å². The van der Waals surface area contributed by atoms with E-state index in [9.17, 15) is 4.79 Å². The van der Waals surface area contributed by atoms with Crippen LogP contribution in [0.25, 0.3) is 0 Å². The first-order valence-corrected chi connectivity index (χ1v) is 7.90. The highest BCUT2D eigenvalue weighted by atomic mass is 16.4. The fraction of sp³-hybridized carbons (Fsp3) is 0.722. The first-order chi connectivity index (χ1) is 11.4. The Hall–Kier alpha value is -1.05. The standard InChI is InChI=1S/C18H32O2/c1-2-3-4-5-6-7-8-9-10-11-12-13-14-15-16-17-18(19)20/h6-7,9-10H,2-5,8,11-17H2,1H3,(H,19,20)/i6D,7D,9D,10D. The van der Waals surface area contributed by atoms with Gasteiger partial charge in [0.2, 0.25) is 0 Å². The molecule has 1 N–H and O–H groups in total. The van der Waals surface area contributed by atoms with E-state index < -0.39 is 5.97 Å². The van der Waals surface area contributed by atoms with Gasteiger partial charge in [-0.05, 0) is 38.5 Å². The minimum Gasteiger partial charge on any atom is -0.481 e. The molecule has 116 valence electrons. The van der Waals surface area contributed by atoms with Gasteiger partial charge in [0, 0.05) is 6.42 Å². The second-order valence-corrected chi connectivity index (χ2v) is 5.00. The Morgan fingerprint density at radius 3 is 2.05 bits per heavy atom. The van der Waals surface area contributed by atoms with Crippen LogP contribution in [0, 0.1) is 0 Å². The molecule has 2 nitrogen and oxygen atoms in total. The monoisotopic (exact) mass is 284 g/mol. The van der Waals surface area contributed by atoms with Gasteiger partial charge in [0.1, 0.15) is 0 Å². The summed E-state index contributed by atoms with van der Waals surface area (Å²) in [6.07, 6.45) is 8.72. The molecular weight excluding hydrogens is 248 g/mol. The molecule has 0 rings (SSSR count). The van der Waals surface area contributed by atoms with E-state index in [-0.39, 0.29) is 31.0 Å². The first kappa shape index (κ1) is 12.7. The highest BCUT2D eigenvalue weighted by Gasteiger charge is 1.95. The molecule has 0 aliphatic rings. The molecule has 0 aliphatic heterocycles. The molecule has 20 heavy (non-hydrogen) atoms. The Kier molecular flexibility index (Phi) is 10.1. The van der Waals surface area contributed by atoms with Crippen LogP contribution in [-0.4, -0.2) is 11.1 Å². The van der Waals surface area contributed by atoms with Gasteiger partial charge in [0.15, 0.2) is 0 Å². The van der Waals surface area contributed by atoms with Gasteiger partial charge in [-0.1, -0.05) is 63.2 Å². The van der Waals surface area contributed by atoms with Gasteiger partial charge in [-0.25, -0.2) is 0 Å². The van der Waals surface area contributed by atoms with Crippen molar-refractivity contribution in [3.63, 3.8) is 0 Å². The number of hydrogen-bond acceptors (Lipinski definition) is 1. The number of hydrogen-bond donors (Lipinski definition) is 1. The lowest BCUT2D eigenvalue weighted by molar-refractivity contribution is -0.137. The summed E-state index contributed by atoms with van der Waals surface area (Å²) < 4.78 is 31.5. The first-order valence-electron chi connectivity index (χ1n) is 9.90. The molecule has 0 amide bonds. The topological polar surface area (TPSA) is 37.3 Å². The maximum Gasteiger partial charge on any atom is 0.303 e. The third-order valence-corrected chi connectivity index (χ3v) is 3.02. The molecule has 0 aromatic carbocycles. The predicted molar refractivity (Wildman–Crippen MR) is 87.0 cm³/mol. The van der Waals surface area contributed by atoms with Gasteiger partial charge in [-0.3, -0.25) is 4.79 Å². The summed E-state index contributed by atoms with van der Waals surface area (Å²) in [5.74, 6) is -0.757. The summed E-state index contributed by atoms with van der Waals surface area (Å²) >= 11 is 0. The number of allylic oxidation sites excluding steroid dienone is 4. The molecule has 2 heteroatoms. The largest absolute Gasteiger partial charge is 0.481 e. The molecule has 0 heterocycles. The molecule has 0 fully saturated rings. The predicted octanol–water partition coefficient (Wildman–Crippen LogP) is 5.88. The van der Waals surface area contributed by atoms with Crippen LogP contribution in [0.3, 0.4) is 0 Å². The fourth-order valence-electron chi connectivity index (χ4n) is 1.83. The van der Waals surface area contributed by atoms with Crippen molar-refractivity contribution in [2.75, 3.05) is 0 Å². The third-order valence-electron chi connectivity index (χ3n) is 3.02. The molecule has 0 unspecified atom stereocenters. The SMILES string of the molecule is [2H]C(CCCCC)=C([2H])CC([2H])=C([2H])CCCCCCCC(=O)O. The zero-order valence-electron chi connectivity index (χ0n) is 16.8. The van der Waals surface area contributed by atoms with Crippen LogP contribution in [0.15, 0.2) is 24.2 Å². The smallest absolute Gasteiger partial charge is 0.303 e. The van der Waals surface area contributed by atoms with Gasteiger partial charge in [0.05, 0.1) is 5.48 Å². The second-order valence-electron chi connectivity index (χ2n) is 5.00. The molecule has 0 bridgehead atoms. The average molecular weight is 284 g/mol. The quantitative estimate of drug-likeness (QED) is 0.319. The lowest BCUT2D eigenvalue weighted by Gasteiger charge is -1.98. The van der Waals surface area contributed by atoms with Crippen LogP contribution in [0.2, 0.25) is 0 Å². The minimum absolute atomic E-state index is 0.0857. The summed E-state index contributed by atoms with van der Waals surface area (Å²) in [7, 11) is 0. The van der Waals surface area contributed by atoms with Crippen molar-refractivity contribution in [2.45, 2.75) is 84.0 Å². The Balaban J connectivity index is 4.05. The lowest BCUT2D eigenvalue weighted by atomic mass is 10.1. The Morgan fingerprint density at radius 1 is 0.900 bits per heavy atom. The van der Waals surface area contributed by atoms with Crippen molar-refractivity contribution in [3.05, 3.63) is 24.2 Å². The van der Waals surface area contributed by atoms with E-state index in [0.29, 0.717) is 25.3 Å². The Labute approximate surface area is 130 Å². The number of carboxylic acid groups (broad SMARTS) is 1. The third kappa shape index (κ3) is 16.9. The molecule has 0 atom stereocenters. The van der Waals surface area contributed by atoms with E-state index in [1.807, 2.05) is 0 Å². The van der Waals surface area contributed by atoms with Gasteiger partial charge in [-0.15, -0.1) is 0 Å². The number of carboxylic acids is 1. The molecule has 0 aromatic heterocycles. The minimum atomic E-state index is -0.757. The zero-order valence-corrected chi connectivity index (χ0v) is 12.8. The lowest BCUT2D eigenvalue weighted by Crippen LogP contribution is -1.93. The summed E-state index contributed by atoms with van der Waals surface area (Å²) in [5, 5.41) is 8.54. The molecule has 0 aromatic rings. The molecule has 0 radical (unpaired) electrons. The van der Waals surface area contributed by atoms with Crippen molar-refractivity contribution in [1.29, 1.82) is 0 Å². The number of carbonyl (C=O) groups is 1. The summed E-state index contributed by atoms with van der Waals surface area (Å²) in [6, 6.07) is 0.853. The van der Waals surface area contributed by atoms with E-state index in [0.717, 1.165) is 44.9 Å². The summed E-state index contributed by atoms with van der Waals surface area (Å²) in [6.45, 7) is 2.10. The van der Waals surface area contributed by atoms with Gasteiger partial charge in [0.25, 0.3) is 0 Å². The Bertz CT molecular complexity index is 431. The van der Waals surface area contributed by atoms with Crippen LogP contribution in [-0.2, 0) is 4.79 Å². The van der Waals surface area contributed by atoms with Crippen molar-refractivity contribution in [3.8, 4) is 0 Å². The number of rotatable bonds is 14. The van der Waals surface area contributed by atoms with Crippen LogP contribution >= 0.6 is 0 Å². The van der Waals surface area contributed by atoms with E-state index >= 15 is 0 Å². The van der Waals surface area contributed by atoms with Crippen LogP contribution in [0.5, 0.6) is 0 Å². The summed E-state index contributed by atoms with van der Waals surface area (Å²) in [4.78, 5) is 10.4. The number of aliphatic carboxylic acids is 1. The van der Waals surface area contributed by atoms with Crippen LogP contribution in [0.1, 0.15) is 89.5 Å². The fourth-order valence-corrected chi connectivity index (χ4v) is 1.83.